The van der Waals surface area contributed by atoms with Gasteiger partial charge in [-0.1, -0.05) is 68.4 Å². The first kappa shape index (κ1) is 22.4. The monoisotopic (exact) mass is 332 g/mol. The van der Waals surface area contributed by atoms with E-state index in [1.54, 1.807) is 0 Å². The summed E-state index contributed by atoms with van der Waals surface area (Å²) in [5.74, 6) is -0.708. The number of rotatable bonds is 16. The van der Waals surface area contributed by atoms with Crippen LogP contribution >= 0.6 is 0 Å². The zero-order valence-electron chi connectivity index (χ0n) is 15.5. The highest BCUT2D eigenvalue weighted by atomic mass is 16.4. The molecule has 2 heteroatoms. The van der Waals surface area contributed by atoms with Gasteiger partial charge in [0.15, 0.2) is 0 Å². The smallest absolute Gasteiger partial charge is 0.303 e. The second kappa shape index (κ2) is 19.5. The first-order chi connectivity index (χ1) is 11.8. The molecular formula is C22H36O2. The molecule has 0 aromatic carbocycles. The molecule has 0 saturated heterocycles. The number of carboxylic acid groups (broad SMARTS) is 1. The molecule has 0 aliphatic carbocycles. The van der Waals surface area contributed by atoms with Crippen molar-refractivity contribution in [3.05, 3.63) is 48.6 Å². The van der Waals surface area contributed by atoms with E-state index < -0.39 is 5.97 Å². The van der Waals surface area contributed by atoms with E-state index in [1.807, 2.05) is 0 Å². The van der Waals surface area contributed by atoms with Crippen LogP contribution in [0.2, 0.25) is 0 Å². The molecule has 0 aliphatic rings. The maximum absolute atomic E-state index is 10.3. The Labute approximate surface area is 149 Å². The van der Waals surface area contributed by atoms with Crippen LogP contribution in [0.25, 0.3) is 0 Å². The van der Waals surface area contributed by atoms with Crippen LogP contribution in [0.5, 0.6) is 0 Å². The molecule has 0 fully saturated rings. The average molecular weight is 333 g/mol. The number of carboxylic acids is 1. The molecule has 0 amide bonds. The lowest BCUT2D eigenvalue weighted by Gasteiger charge is -1.92. The maximum Gasteiger partial charge on any atom is 0.303 e. The first-order valence-electron chi connectivity index (χ1n) is 9.59. The minimum Gasteiger partial charge on any atom is -0.481 e. The van der Waals surface area contributed by atoms with E-state index in [2.05, 4.69) is 55.5 Å². The number of hydrogen-bond acceptors (Lipinski definition) is 1. The Hall–Kier alpha value is -1.57. The van der Waals surface area contributed by atoms with Gasteiger partial charge in [0.2, 0.25) is 0 Å². The summed E-state index contributed by atoms with van der Waals surface area (Å²) < 4.78 is 0. The van der Waals surface area contributed by atoms with Gasteiger partial charge in [-0.15, -0.1) is 0 Å². The molecule has 0 radical (unpaired) electrons. The van der Waals surface area contributed by atoms with Crippen LogP contribution in [0.3, 0.4) is 0 Å². The Kier molecular flexibility index (Phi) is 18.2. The normalized spacial score (nSPS) is 12.4. The summed E-state index contributed by atoms with van der Waals surface area (Å²) >= 11 is 0. The molecule has 136 valence electrons. The zero-order chi connectivity index (χ0) is 17.7. The minimum absolute atomic E-state index is 0.266. The molecule has 0 aromatic rings. The standard InChI is InChI=1S/C22H36O2/c1-2-3-4-5-6-7-8-9-10-11-12-13-14-15-16-17-18-19-20-21-22(23)24/h6-7,9-10,14-15,17-18H,2-5,8,11-13,16,19-21H2,1H3,(H,23,24). The molecule has 0 rings (SSSR count). The van der Waals surface area contributed by atoms with Gasteiger partial charge in [0.25, 0.3) is 0 Å². The average Bonchev–Trinajstić information content (AvgIpc) is 2.56. The zero-order valence-corrected chi connectivity index (χ0v) is 15.5. The van der Waals surface area contributed by atoms with E-state index >= 15 is 0 Å². The Morgan fingerprint density at radius 3 is 1.58 bits per heavy atom. The van der Waals surface area contributed by atoms with Crippen molar-refractivity contribution in [2.45, 2.75) is 84.0 Å². The highest BCUT2D eigenvalue weighted by Crippen LogP contribution is 2.03. The molecule has 0 aliphatic heterocycles. The lowest BCUT2D eigenvalue weighted by Crippen LogP contribution is -1.92. The van der Waals surface area contributed by atoms with Gasteiger partial charge in [-0.3, -0.25) is 4.79 Å². The van der Waals surface area contributed by atoms with Gasteiger partial charge in [-0.2, -0.15) is 0 Å². The van der Waals surface area contributed by atoms with Crippen molar-refractivity contribution in [2.75, 3.05) is 0 Å². The number of unbranched alkanes of at least 4 members (excludes halogenated alkanes) is 6. The molecule has 24 heavy (non-hydrogen) atoms. The van der Waals surface area contributed by atoms with Crippen LogP contribution in [-0.4, -0.2) is 11.1 Å². The molecule has 0 bridgehead atoms. The molecule has 0 saturated carbocycles. The highest BCUT2D eigenvalue weighted by molar-refractivity contribution is 5.66. The third-order valence-electron chi connectivity index (χ3n) is 3.69. The largest absolute Gasteiger partial charge is 0.481 e. The van der Waals surface area contributed by atoms with Crippen molar-refractivity contribution < 1.29 is 9.90 Å². The van der Waals surface area contributed by atoms with E-state index in [0.717, 1.165) is 38.5 Å². The van der Waals surface area contributed by atoms with Gasteiger partial charge in [-0.25, -0.2) is 0 Å². The van der Waals surface area contributed by atoms with Gasteiger partial charge in [0.05, 0.1) is 0 Å². The Balaban J connectivity index is 3.35. The third-order valence-corrected chi connectivity index (χ3v) is 3.69. The molecule has 0 heterocycles. The fourth-order valence-electron chi connectivity index (χ4n) is 2.25. The van der Waals surface area contributed by atoms with E-state index in [9.17, 15) is 4.79 Å². The van der Waals surface area contributed by atoms with Gasteiger partial charge in [0, 0.05) is 6.42 Å². The topological polar surface area (TPSA) is 37.3 Å². The first-order valence-corrected chi connectivity index (χ1v) is 9.59. The quantitative estimate of drug-likeness (QED) is 0.244. The number of aliphatic carboxylic acids is 1. The number of hydrogen-bond donors (Lipinski definition) is 1. The molecule has 1 N–H and O–H groups in total. The van der Waals surface area contributed by atoms with Gasteiger partial charge in [0.1, 0.15) is 0 Å². The molecule has 0 atom stereocenters. The van der Waals surface area contributed by atoms with E-state index in [-0.39, 0.29) is 6.42 Å². The van der Waals surface area contributed by atoms with Crippen molar-refractivity contribution in [1.29, 1.82) is 0 Å². The molecule has 2 nitrogen and oxygen atoms in total. The highest BCUT2D eigenvalue weighted by Gasteiger charge is 1.92. The fraction of sp³-hybridized carbons (Fsp3) is 0.591. The van der Waals surface area contributed by atoms with Crippen molar-refractivity contribution >= 4 is 5.97 Å². The third kappa shape index (κ3) is 20.4. The Morgan fingerprint density at radius 2 is 1.12 bits per heavy atom. The predicted molar refractivity (Wildman–Crippen MR) is 105 cm³/mol. The van der Waals surface area contributed by atoms with E-state index in [0.29, 0.717) is 0 Å². The number of carbonyl (C=O) groups is 1. The second-order valence-corrected chi connectivity index (χ2v) is 6.07. The van der Waals surface area contributed by atoms with Crippen LogP contribution in [0.4, 0.5) is 0 Å². The summed E-state index contributed by atoms with van der Waals surface area (Å²) in [5, 5.41) is 8.51. The van der Waals surface area contributed by atoms with E-state index in [1.165, 1.54) is 32.1 Å². The Bertz CT molecular complexity index is 389. The summed E-state index contributed by atoms with van der Waals surface area (Å²) in [6.45, 7) is 2.24. The minimum atomic E-state index is -0.708. The molecule has 0 spiro atoms. The molecular weight excluding hydrogens is 296 g/mol. The molecule has 0 aromatic heterocycles. The van der Waals surface area contributed by atoms with Crippen molar-refractivity contribution in [3.8, 4) is 0 Å². The van der Waals surface area contributed by atoms with Crippen LogP contribution in [-0.2, 0) is 4.79 Å². The van der Waals surface area contributed by atoms with Crippen molar-refractivity contribution in [2.24, 2.45) is 0 Å². The lowest BCUT2D eigenvalue weighted by atomic mass is 10.1. The maximum atomic E-state index is 10.3. The van der Waals surface area contributed by atoms with Gasteiger partial charge < -0.3 is 5.11 Å². The summed E-state index contributed by atoms with van der Waals surface area (Å²) in [6, 6.07) is 0. The Morgan fingerprint density at radius 1 is 0.667 bits per heavy atom. The van der Waals surface area contributed by atoms with Crippen LogP contribution in [0.15, 0.2) is 48.6 Å². The summed E-state index contributed by atoms with van der Waals surface area (Å²) in [6.07, 6.45) is 30.3. The van der Waals surface area contributed by atoms with Crippen molar-refractivity contribution in [3.63, 3.8) is 0 Å². The predicted octanol–water partition coefficient (Wildman–Crippen LogP) is 7.00. The summed E-state index contributed by atoms with van der Waals surface area (Å²) in [7, 11) is 0. The molecule has 0 unspecified atom stereocenters. The van der Waals surface area contributed by atoms with Crippen LogP contribution < -0.4 is 0 Å². The fourth-order valence-corrected chi connectivity index (χ4v) is 2.25. The van der Waals surface area contributed by atoms with Crippen LogP contribution in [0, 0.1) is 0 Å². The summed E-state index contributed by atoms with van der Waals surface area (Å²) in [4.78, 5) is 10.3. The second-order valence-electron chi connectivity index (χ2n) is 6.07. The lowest BCUT2D eigenvalue weighted by molar-refractivity contribution is -0.137. The van der Waals surface area contributed by atoms with Crippen molar-refractivity contribution in [1.82, 2.24) is 0 Å². The van der Waals surface area contributed by atoms with Gasteiger partial charge in [-0.05, 0) is 57.8 Å². The SMILES string of the molecule is CCCCCC=CCC=CCCCC=CCC=CCCCC(=O)O. The van der Waals surface area contributed by atoms with Crippen LogP contribution in [0.1, 0.15) is 84.0 Å². The number of allylic oxidation sites excluding steroid dienone is 8. The van der Waals surface area contributed by atoms with Gasteiger partial charge >= 0.3 is 5.97 Å². The van der Waals surface area contributed by atoms with E-state index in [4.69, 9.17) is 5.11 Å². The summed E-state index contributed by atoms with van der Waals surface area (Å²) in [5.41, 5.74) is 0.